The molecule has 1 aromatic carbocycles. The molecule has 8 heteroatoms. The molecular weight excluding hydrogens is 567 g/mol. The fourth-order valence-electron chi connectivity index (χ4n) is 6.23. The number of hydrogen-bond donors (Lipinski definition) is 4. The van der Waals surface area contributed by atoms with Crippen molar-refractivity contribution in [3.8, 4) is 0 Å². The first-order chi connectivity index (χ1) is 19.8. The zero-order valence-electron chi connectivity index (χ0n) is 25.2. The second-order valence-electron chi connectivity index (χ2n) is 11.6. The van der Waals surface area contributed by atoms with Crippen molar-refractivity contribution in [1.29, 1.82) is 0 Å². The molecule has 2 atom stereocenters. The third kappa shape index (κ3) is 8.71. The number of benzene rings is 1. The van der Waals surface area contributed by atoms with Gasteiger partial charge in [-0.25, -0.2) is 8.42 Å². The Bertz CT molecular complexity index is 1170. The maximum absolute atomic E-state index is 14.3. The predicted molar refractivity (Wildman–Crippen MR) is 180 cm³/mol. The Morgan fingerprint density at radius 3 is 1.54 bits per heavy atom. The summed E-state index contributed by atoms with van der Waals surface area (Å²) in [7, 11) is -3.70. The van der Waals surface area contributed by atoms with Crippen LogP contribution >= 0.6 is 25.3 Å². The van der Waals surface area contributed by atoms with Crippen LogP contribution < -0.4 is 0 Å². The lowest BCUT2D eigenvalue weighted by molar-refractivity contribution is 0.260. The summed E-state index contributed by atoms with van der Waals surface area (Å²) in [5.41, 5.74) is 3.13. The summed E-state index contributed by atoms with van der Waals surface area (Å²) in [4.78, 5) is 7.31. The van der Waals surface area contributed by atoms with E-state index in [0.717, 1.165) is 81.3 Å². The Kier molecular flexibility index (Phi) is 13.5. The van der Waals surface area contributed by atoms with Gasteiger partial charge in [-0.1, -0.05) is 57.2 Å². The number of unbranched alkanes of at least 4 members (excludes halogenated alkanes) is 2. The molecule has 0 bridgehead atoms. The molecule has 0 amide bonds. The van der Waals surface area contributed by atoms with Gasteiger partial charge in [0.05, 0.1) is 4.90 Å². The van der Waals surface area contributed by atoms with E-state index >= 15 is 0 Å². The molecule has 0 radical (unpaired) electrons. The minimum atomic E-state index is -3.70. The highest BCUT2D eigenvalue weighted by Gasteiger charge is 2.37. The van der Waals surface area contributed by atoms with Gasteiger partial charge in [-0.05, 0) is 93.4 Å². The van der Waals surface area contributed by atoms with Gasteiger partial charge in [0.25, 0.3) is 0 Å². The predicted octanol–water partition coefficient (Wildman–Crippen LogP) is 8.32. The number of sulfonamides is 1. The highest BCUT2D eigenvalue weighted by molar-refractivity contribution is 7.89. The summed E-state index contributed by atoms with van der Waals surface area (Å²) in [5.74, 6) is 1.50. The minimum Gasteiger partial charge on any atom is -0.365 e. The standard InChI is InChI=1S/C33H51N3O2S3/c1-4-6-16-32(20-26-39,30-10-8-22-34-30)18-24-36(41(37,38)29-14-12-28(3)13-15-29)25-19-33(21-27-40,17-7-5-2)31-11-9-23-35-31/h8-15,22-23,34-35,39-40H,4-7,16-21,24-27H2,1-3H3. The molecular formula is C33H51N3O2S3. The summed E-state index contributed by atoms with van der Waals surface area (Å²) in [5, 5.41) is 0. The fourth-order valence-corrected chi connectivity index (χ4v) is 8.52. The van der Waals surface area contributed by atoms with E-state index < -0.39 is 10.0 Å². The van der Waals surface area contributed by atoms with Gasteiger partial charge in [-0.15, -0.1) is 0 Å². The fraction of sp³-hybridized carbons (Fsp3) is 0.576. The second kappa shape index (κ2) is 16.3. The Hall–Kier alpha value is -1.61. The van der Waals surface area contributed by atoms with E-state index in [9.17, 15) is 8.42 Å². The van der Waals surface area contributed by atoms with Crippen molar-refractivity contribution in [2.75, 3.05) is 24.6 Å². The van der Waals surface area contributed by atoms with Gasteiger partial charge in [0.2, 0.25) is 10.0 Å². The van der Waals surface area contributed by atoms with Crippen molar-refractivity contribution in [3.05, 3.63) is 77.9 Å². The molecule has 2 N–H and O–H groups in total. The van der Waals surface area contributed by atoms with E-state index in [-0.39, 0.29) is 10.8 Å². The Morgan fingerprint density at radius 2 is 1.17 bits per heavy atom. The number of hydrogen-bond acceptors (Lipinski definition) is 4. The number of nitrogens with one attached hydrogen (secondary N) is 2. The SMILES string of the molecule is CCCCC(CCS)(CCN(CCC(CCS)(CCCC)c1ccc[nH]1)S(=O)(=O)c1ccc(C)cc1)c1ccc[nH]1. The van der Waals surface area contributed by atoms with Crippen LogP contribution in [-0.4, -0.2) is 47.3 Å². The molecule has 0 fully saturated rings. The van der Waals surface area contributed by atoms with Crippen LogP contribution in [-0.2, 0) is 20.9 Å². The van der Waals surface area contributed by atoms with Gasteiger partial charge >= 0.3 is 0 Å². The van der Waals surface area contributed by atoms with Crippen LogP contribution in [0.1, 0.15) is 95.0 Å². The number of aromatic amines is 2. The van der Waals surface area contributed by atoms with Crippen molar-refractivity contribution in [1.82, 2.24) is 14.3 Å². The zero-order valence-corrected chi connectivity index (χ0v) is 27.8. The van der Waals surface area contributed by atoms with Gasteiger partial charge in [0, 0.05) is 47.7 Å². The summed E-state index contributed by atoms with van der Waals surface area (Å²) >= 11 is 9.30. The van der Waals surface area contributed by atoms with Crippen molar-refractivity contribution >= 4 is 35.3 Å². The van der Waals surface area contributed by atoms with Crippen LogP contribution in [0.25, 0.3) is 0 Å². The molecule has 41 heavy (non-hydrogen) atoms. The Labute approximate surface area is 260 Å². The van der Waals surface area contributed by atoms with E-state index in [1.807, 2.05) is 43.6 Å². The monoisotopic (exact) mass is 617 g/mol. The molecule has 0 spiro atoms. The van der Waals surface area contributed by atoms with E-state index in [1.54, 1.807) is 16.4 Å². The molecule has 2 heterocycles. The number of rotatable bonds is 20. The molecule has 0 saturated carbocycles. The second-order valence-corrected chi connectivity index (χ2v) is 14.4. The molecule has 228 valence electrons. The minimum absolute atomic E-state index is 0.147. The first-order valence-corrected chi connectivity index (χ1v) is 18.0. The lowest BCUT2D eigenvalue weighted by Gasteiger charge is -2.38. The van der Waals surface area contributed by atoms with Crippen molar-refractivity contribution in [2.24, 2.45) is 0 Å². The number of aryl methyl sites for hydroxylation is 1. The molecule has 2 unspecified atom stereocenters. The van der Waals surface area contributed by atoms with E-state index in [0.29, 0.717) is 18.0 Å². The third-order valence-corrected chi connectivity index (χ3v) is 11.2. The zero-order chi connectivity index (χ0) is 29.8. The third-order valence-electron chi connectivity index (χ3n) is 8.88. The van der Waals surface area contributed by atoms with Crippen LogP contribution in [0.2, 0.25) is 0 Å². The number of aromatic nitrogens is 2. The van der Waals surface area contributed by atoms with Crippen molar-refractivity contribution in [2.45, 2.75) is 101 Å². The summed E-state index contributed by atoms with van der Waals surface area (Å²) < 4.78 is 30.3. The van der Waals surface area contributed by atoms with Crippen LogP contribution in [0.5, 0.6) is 0 Å². The average Bonchev–Trinajstić information content (AvgIpc) is 3.70. The average molecular weight is 618 g/mol. The molecule has 0 aliphatic rings. The van der Waals surface area contributed by atoms with Crippen LogP contribution in [0.4, 0.5) is 0 Å². The van der Waals surface area contributed by atoms with Crippen molar-refractivity contribution in [3.63, 3.8) is 0 Å². The maximum Gasteiger partial charge on any atom is 0.243 e. The molecule has 3 aromatic rings. The van der Waals surface area contributed by atoms with Crippen LogP contribution in [0.3, 0.4) is 0 Å². The summed E-state index contributed by atoms with van der Waals surface area (Å²) in [6.45, 7) is 7.34. The molecule has 0 aliphatic heterocycles. The largest absolute Gasteiger partial charge is 0.365 e. The van der Waals surface area contributed by atoms with E-state index in [2.05, 4.69) is 61.2 Å². The Morgan fingerprint density at radius 1 is 0.707 bits per heavy atom. The molecule has 3 rings (SSSR count). The molecule has 5 nitrogen and oxygen atoms in total. The van der Waals surface area contributed by atoms with Gasteiger partial charge < -0.3 is 9.97 Å². The topological polar surface area (TPSA) is 69.0 Å². The highest BCUT2D eigenvalue weighted by atomic mass is 32.2. The number of thiol groups is 2. The van der Waals surface area contributed by atoms with Crippen LogP contribution in [0, 0.1) is 6.92 Å². The number of H-pyrrole nitrogens is 2. The first-order valence-electron chi connectivity index (χ1n) is 15.3. The molecule has 0 saturated heterocycles. The van der Waals surface area contributed by atoms with Crippen LogP contribution in [0.15, 0.2) is 65.8 Å². The summed E-state index contributed by atoms with van der Waals surface area (Å²) in [6.07, 6.45) is 13.6. The molecule has 0 aliphatic carbocycles. The van der Waals surface area contributed by atoms with Gasteiger partial charge in [-0.3, -0.25) is 0 Å². The van der Waals surface area contributed by atoms with E-state index in [1.165, 1.54) is 11.4 Å². The first kappa shape index (κ1) is 33.9. The highest BCUT2D eigenvalue weighted by Crippen LogP contribution is 2.40. The van der Waals surface area contributed by atoms with Gasteiger partial charge in [0.15, 0.2) is 0 Å². The smallest absolute Gasteiger partial charge is 0.243 e. The maximum atomic E-state index is 14.3. The number of nitrogens with zero attached hydrogens (tertiary/aromatic N) is 1. The molecule has 2 aromatic heterocycles. The van der Waals surface area contributed by atoms with Gasteiger partial charge in [0.1, 0.15) is 0 Å². The summed E-state index contributed by atoms with van der Waals surface area (Å²) in [6, 6.07) is 15.7. The van der Waals surface area contributed by atoms with Crippen molar-refractivity contribution < 1.29 is 8.42 Å². The van der Waals surface area contributed by atoms with E-state index in [4.69, 9.17) is 0 Å². The quantitative estimate of drug-likeness (QED) is 0.0963. The Balaban J connectivity index is 2.00. The lowest BCUT2D eigenvalue weighted by Crippen LogP contribution is -2.41. The van der Waals surface area contributed by atoms with Gasteiger partial charge in [-0.2, -0.15) is 29.6 Å². The lowest BCUT2D eigenvalue weighted by atomic mass is 9.74. The normalized spacial score (nSPS) is 15.2.